The number of aliphatic imine (C=N–C) groups is 1. The topological polar surface area (TPSA) is 77.0 Å². The van der Waals surface area contributed by atoms with Gasteiger partial charge in [-0.1, -0.05) is 23.7 Å². The van der Waals surface area contributed by atoms with Crippen molar-refractivity contribution in [2.24, 2.45) is 4.99 Å². The molecule has 0 spiro atoms. The molecule has 7 nitrogen and oxygen atoms in total. The van der Waals surface area contributed by atoms with Crippen molar-refractivity contribution in [3.63, 3.8) is 0 Å². The SMILES string of the molecule is CN=C(NCC(=O)Nc1ccc(F)cc1)N1CCN(C(=O)Cc2cccc(Cl)c2)CC1. The Balaban J connectivity index is 1.44. The second-order valence-electron chi connectivity index (χ2n) is 7.13. The van der Waals surface area contributed by atoms with E-state index in [2.05, 4.69) is 15.6 Å². The zero-order valence-electron chi connectivity index (χ0n) is 17.3. The van der Waals surface area contributed by atoms with Crippen molar-refractivity contribution in [3.05, 3.63) is 64.9 Å². The van der Waals surface area contributed by atoms with Gasteiger partial charge in [0, 0.05) is 43.9 Å². The van der Waals surface area contributed by atoms with E-state index in [4.69, 9.17) is 11.6 Å². The molecule has 3 rings (SSSR count). The van der Waals surface area contributed by atoms with Gasteiger partial charge in [-0.3, -0.25) is 14.6 Å². The Morgan fingerprint density at radius 2 is 1.74 bits per heavy atom. The number of guanidine groups is 1. The highest BCUT2D eigenvalue weighted by Gasteiger charge is 2.23. The van der Waals surface area contributed by atoms with Crippen LogP contribution in [-0.2, 0) is 16.0 Å². The molecule has 0 aromatic heterocycles. The van der Waals surface area contributed by atoms with Crippen LogP contribution in [0.1, 0.15) is 5.56 Å². The van der Waals surface area contributed by atoms with Gasteiger partial charge in [-0.15, -0.1) is 0 Å². The molecule has 1 saturated heterocycles. The fourth-order valence-electron chi connectivity index (χ4n) is 3.33. The van der Waals surface area contributed by atoms with Gasteiger partial charge in [-0.05, 0) is 42.0 Å². The van der Waals surface area contributed by atoms with Crippen LogP contribution in [0.2, 0.25) is 5.02 Å². The number of amides is 2. The van der Waals surface area contributed by atoms with E-state index in [0.29, 0.717) is 49.3 Å². The van der Waals surface area contributed by atoms with Crippen molar-refractivity contribution in [2.45, 2.75) is 6.42 Å². The maximum absolute atomic E-state index is 13.0. The molecule has 0 bridgehead atoms. The third-order valence-electron chi connectivity index (χ3n) is 4.92. The molecule has 0 aliphatic carbocycles. The van der Waals surface area contributed by atoms with Gasteiger partial charge in [-0.2, -0.15) is 0 Å². The minimum Gasteiger partial charge on any atom is -0.347 e. The average Bonchev–Trinajstić information content (AvgIpc) is 2.76. The molecule has 31 heavy (non-hydrogen) atoms. The first-order valence-corrected chi connectivity index (χ1v) is 10.4. The van der Waals surface area contributed by atoms with Gasteiger partial charge in [0.15, 0.2) is 5.96 Å². The Morgan fingerprint density at radius 3 is 2.39 bits per heavy atom. The first-order chi connectivity index (χ1) is 14.9. The molecule has 2 amide bonds. The van der Waals surface area contributed by atoms with Crippen LogP contribution in [0.15, 0.2) is 53.5 Å². The van der Waals surface area contributed by atoms with Gasteiger partial charge in [0.2, 0.25) is 11.8 Å². The zero-order chi connectivity index (χ0) is 22.2. The third-order valence-corrected chi connectivity index (χ3v) is 5.16. The standard InChI is InChI=1S/C22H25ClFN5O2/c1-25-22(26-15-20(30)27-19-7-5-18(24)6-8-19)29-11-9-28(10-12-29)21(31)14-16-3-2-4-17(23)13-16/h2-8,13H,9-12,14-15H2,1H3,(H,25,26)(H,27,30). The van der Waals surface area contributed by atoms with Gasteiger partial charge >= 0.3 is 0 Å². The number of halogens is 2. The first kappa shape index (κ1) is 22.6. The van der Waals surface area contributed by atoms with Crippen molar-refractivity contribution in [1.29, 1.82) is 0 Å². The van der Waals surface area contributed by atoms with E-state index in [1.54, 1.807) is 19.2 Å². The van der Waals surface area contributed by atoms with Crippen LogP contribution in [0.25, 0.3) is 0 Å². The van der Waals surface area contributed by atoms with Crippen molar-refractivity contribution in [3.8, 4) is 0 Å². The van der Waals surface area contributed by atoms with Gasteiger partial charge < -0.3 is 20.4 Å². The summed E-state index contributed by atoms with van der Waals surface area (Å²) in [6.45, 7) is 2.39. The van der Waals surface area contributed by atoms with Crippen LogP contribution in [0, 0.1) is 5.82 Å². The lowest BCUT2D eigenvalue weighted by Gasteiger charge is -2.36. The number of hydrogen-bond donors (Lipinski definition) is 2. The lowest BCUT2D eigenvalue weighted by molar-refractivity contribution is -0.131. The number of nitrogens with zero attached hydrogens (tertiary/aromatic N) is 3. The Kier molecular flexibility index (Phi) is 7.83. The summed E-state index contributed by atoms with van der Waals surface area (Å²) in [4.78, 5) is 32.8. The fourth-order valence-corrected chi connectivity index (χ4v) is 3.54. The summed E-state index contributed by atoms with van der Waals surface area (Å²) in [5.41, 5.74) is 1.42. The summed E-state index contributed by atoms with van der Waals surface area (Å²) < 4.78 is 13.0. The second-order valence-corrected chi connectivity index (χ2v) is 7.57. The molecule has 1 heterocycles. The smallest absolute Gasteiger partial charge is 0.243 e. The molecule has 1 fully saturated rings. The number of nitrogens with one attached hydrogen (secondary N) is 2. The molecular weight excluding hydrogens is 421 g/mol. The fraction of sp³-hybridized carbons (Fsp3) is 0.318. The van der Waals surface area contributed by atoms with Crippen molar-refractivity contribution < 1.29 is 14.0 Å². The Hall–Kier alpha value is -3.13. The molecule has 1 aliphatic rings. The van der Waals surface area contributed by atoms with E-state index < -0.39 is 0 Å². The predicted molar refractivity (Wildman–Crippen MR) is 120 cm³/mol. The highest BCUT2D eigenvalue weighted by Crippen LogP contribution is 2.13. The summed E-state index contributed by atoms with van der Waals surface area (Å²) in [6.07, 6.45) is 0.317. The van der Waals surface area contributed by atoms with Crippen molar-refractivity contribution >= 4 is 35.1 Å². The molecule has 0 atom stereocenters. The van der Waals surface area contributed by atoms with Crippen LogP contribution in [-0.4, -0.2) is 67.3 Å². The summed E-state index contributed by atoms with van der Waals surface area (Å²) >= 11 is 5.99. The Labute approximate surface area is 185 Å². The van der Waals surface area contributed by atoms with E-state index >= 15 is 0 Å². The quantitative estimate of drug-likeness (QED) is 0.547. The van der Waals surface area contributed by atoms with E-state index in [0.717, 1.165) is 5.56 Å². The molecular formula is C22H25ClFN5O2. The van der Waals surface area contributed by atoms with Crippen LogP contribution in [0.4, 0.5) is 10.1 Å². The number of piperazine rings is 1. The number of carbonyl (C=O) groups is 2. The monoisotopic (exact) mass is 445 g/mol. The lowest BCUT2D eigenvalue weighted by atomic mass is 10.1. The van der Waals surface area contributed by atoms with E-state index in [1.165, 1.54) is 24.3 Å². The van der Waals surface area contributed by atoms with Crippen LogP contribution in [0.3, 0.4) is 0 Å². The Morgan fingerprint density at radius 1 is 1.06 bits per heavy atom. The molecule has 0 saturated carbocycles. The van der Waals surface area contributed by atoms with Gasteiger partial charge in [0.1, 0.15) is 5.82 Å². The zero-order valence-corrected chi connectivity index (χ0v) is 18.0. The number of carbonyl (C=O) groups excluding carboxylic acids is 2. The summed E-state index contributed by atoms with van der Waals surface area (Å²) in [6, 6.07) is 12.9. The lowest BCUT2D eigenvalue weighted by Crippen LogP contribution is -2.54. The number of anilines is 1. The van der Waals surface area contributed by atoms with Crippen LogP contribution >= 0.6 is 11.6 Å². The van der Waals surface area contributed by atoms with Crippen LogP contribution < -0.4 is 10.6 Å². The van der Waals surface area contributed by atoms with Crippen molar-refractivity contribution in [1.82, 2.24) is 15.1 Å². The Bertz CT molecular complexity index is 943. The first-order valence-electron chi connectivity index (χ1n) is 9.98. The van der Waals surface area contributed by atoms with Crippen LogP contribution in [0.5, 0.6) is 0 Å². The highest BCUT2D eigenvalue weighted by molar-refractivity contribution is 6.30. The van der Waals surface area contributed by atoms with Gasteiger partial charge in [-0.25, -0.2) is 4.39 Å². The van der Waals surface area contributed by atoms with Gasteiger partial charge in [0.25, 0.3) is 0 Å². The summed E-state index contributed by atoms with van der Waals surface area (Å²) in [5.74, 6) is 0.0320. The van der Waals surface area contributed by atoms with E-state index in [9.17, 15) is 14.0 Å². The minimum absolute atomic E-state index is 0.0258. The molecule has 2 N–H and O–H groups in total. The molecule has 0 radical (unpaired) electrons. The molecule has 9 heteroatoms. The average molecular weight is 446 g/mol. The van der Waals surface area contributed by atoms with Crippen molar-refractivity contribution in [2.75, 3.05) is 45.1 Å². The summed E-state index contributed by atoms with van der Waals surface area (Å²) in [5, 5.41) is 6.35. The summed E-state index contributed by atoms with van der Waals surface area (Å²) in [7, 11) is 1.65. The normalized spacial score (nSPS) is 14.4. The molecule has 1 aliphatic heterocycles. The number of benzene rings is 2. The van der Waals surface area contributed by atoms with E-state index in [1.807, 2.05) is 21.9 Å². The molecule has 164 valence electrons. The maximum atomic E-state index is 13.0. The minimum atomic E-state index is -0.360. The largest absolute Gasteiger partial charge is 0.347 e. The highest BCUT2D eigenvalue weighted by atomic mass is 35.5. The molecule has 2 aromatic rings. The van der Waals surface area contributed by atoms with Gasteiger partial charge in [0.05, 0.1) is 13.0 Å². The number of hydrogen-bond acceptors (Lipinski definition) is 3. The molecule has 2 aromatic carbocycles. The maximum Gasteiger partial charge on any atom is 0.243 e. The third kappa shape index (κ3) is 6.68. The molecule has 0 unspecified atom stereocenters. The van der Waals surface area contributed by atoms with E-state index in [-0.39, 0.29) is 24.2 Å². The number of rotatable bonds is 5. The second kappa shape index (κ2) is 10.8. The predicted octanol–water partition coefficient (Wildman–Crippen LogP) is 2.38.